The van der Waals surface area contributed by atoms with Crippen LogP contribution in [0.4, 0.5) is 5.69 Å². The quantitative estimate of drug-likeness (QED) is 0.796. The second kappa shape index (κ2) is 6.35. The summed E-state index contributed by atoms with van der Waals surface area (Å²) in [7, 11) is 4.03. The second-order valence-electron chi connectivity index (χ2n) is 6.96. The van der Waals surface area contributed by atoms with E-state index < -0.39 is 0 Å². The van der Waals surface area contributed by atoms with Crippen molar-refractivity contribution < 1.29 is 0 Å². The van der Waals surface area contributed by atoms with Gasteiger partial charge in [-0.15, -0.1) is 0 Å². The Balaban J connectivity index is 1.82. The number of fused-ring (bicyclic) bond motifs is 1. The molecule has 0 amide bonds. The molecular weight excluding hydrogens is 314 g/mol. The molecule has 130 valence electrons. The van der Waals surface area contributed by atoms with Gasteiger partial charge in [-0.3, -0.25) is 9.55 Å². The van der Waals surface area contributed by atoms with Gasteiger partial charge < -0.3 is 4.90 Å². The molecule has 4 rings (SSSR count). The van der Waals surface area contributed by atoms with Crippen molar-refractivity contribution >= 4 is 17.0 Å². The van der Waals surface area contributed by atoms with Gasteiger partial charge in [-0.05, 0) is 25.0 Å². The number of hydrogen-bond acceptors (Lipinski definition) is 4. The lowest BCUT2D eigenvalue weighted by Gasteiger charge is -2.22. The Labute approximate surface area is 146 Å². The molecule has 0 unspecified atom stereocenters. The molecule has 2 aromatic heterocycles. The highest BCUT2D eigenvalue weighted by molar-refractivity contribution is 5.72. The van der Waals surface area contributed by atoms with Crippen LogP contribution in [0.5, 0.6) is 0 Å². The van der Waals surface area contributed by atoms with E-state index in [1.165, 1.54) is 19.3 Å². The largest absolute Gasteiger partial charge is 0.378 e. The summed E-state index contributed by atoms with van der Waals surface area (Å²) < 4.78 is 1.82. The first-order valence-electron chi connectivity index (χ1n) is 8.88. The summed E-state index contributed by atoms with van der Waals surface area (Å²) >= 11 is 0. The van der Waals surface area contributed by atoms with Crippen molar-refractivity contribution in [1.29, 1.82) is 0 Å². The molecule has 0 radical (unpaired) electrons. The normalized spacial score (nSPS) is 15.6. The van der Waals surface area contributed by atoms with Crippen molar-refractivity contribution in [2.45, 2.75) is 38.1 Å². The molecule has 0 atom stereocenters. The monoisotopic (exact) mass is 337 g/mol. The lowest BCUT2D eigenvalue weighted by Crippen LogP contribution is -2.24. The smallest absolute Gasteiger partial charge is 0.329 e. The zero-order valence-corrected chi connectivity index (χ0v) is 14.7. The molecule has 1 aromatic carbocycles. The van der Waals surface area contributed by atoms with Crippen molar-refractivity contribution in [1.82, 2.24) is 19.5 Å². The van der Waals surface area contributed by atoms with Crippen molar-refractivity contribution in [2.75, 3.05) is 19.0 Å². The summed E-state index contributed by atoms with van der Waals surface area (Å²) in [6.07, 6.45) is 7.40. The Morgan fingerprint density at radius 1 is 1.20 bits per heavy atom. The van der Waals surface area contributed by atoms with E-state index in [1.54, 1.807) is 6.20 Å². The maximum absolute atomic E-state index is 12.4. The molecule has 1 N–H and O–H groups in total. The number of H-pyrrole nitrogens is 1. The summed E-state index contributed by atoms with van der Waals surface area (Å²) in [5.74, 6) is 0. The zero-order chi connectivity index (χ0) is 17.4. The molecule has 0 saturated heterocycles. The van der Waals surface area contributed by atoms with Crippen LogP contribution in [0.25, 0.3) is 22.6 Å². The minimum Gasteiger partial charge on any atom is -0.378 e. The van der Waals surface area contributed by atoms with Crippen LogP contribution in [0.3, 0.4) is 0 Å². The fourth-order valence-corrected chi connectivity index (χ4v) is 3.65. The molecule has 1 saturated carbocycles. The third-order valence-corrected chi connectivity index (χ3v) is 5.02. The topological polar surface area (TPSA) is 66.8 Å². The van der Waals surface area contributed by atoms with E-state index in [2.05, 4.69) is 27.0 Å². The average molecular weight is 337 g/mol. The lowest BCUT2D eigenvalue weighted by atomic mass is 9.95. The first-order chi connectivity index (χ1) is 12.1. The van der Waals surface area contributed by atoms with Crippen LogP contribution in [-0.2, 0) is 0 Å². The fourth-order valence-electron chi connectivity index (χ4n) is 3.65. The molecule has 1 aliphatic carbocycles. The molecule has 2 heterocycles. The standard InChI is InChI=1S/C19H23N5O/c1-23(2)15-10-6-7-13(11-15)16-12-20-17-18(21-16)24(19(25)22-17)14-8-4-3-5-9-14/h6-7,10-12,14H,3-5,8-9H2,1-2H3,(H,20,22,25). The van der Waals surface area contributed by atoms with E-state index in [0.717, 1.165) is 29.8 Å². The molecule has 3 aromatic rings. The third-order valence-electron chi connectivity index (χ3n) is 5.02. The lowest BCUT2D eigenvalue weighted by molar-refractivity contribution is 0.352. The van der Waals surface area contributed by atoms with E-state index in [-0.39, 0.29) is 11.7 Å². The average Bonchev–Trinajstić information content (AvgIpc) is 2.97. The Hall–Kier alpha value is -2.63. The second-order valence-corrected chi connectivity index (χ2v) is 6.96. The number of aromatic nitrogens is 4. The highest BCUT2D eigenvalue weighted by Gasteiger charge is 2.21. The minimum atomic E-state index is -0.0962. The number of aromatic amines is 1. The van der Waals surface area contributed by atoms with E-state index in [9.17, 15) is 4.79 Å². The van der Waals surface area contributed by atoms with Gasteiger partial charge >= 0.3 is 5.69 Å². The molecule has 0 aliphatic heterocycles. The Morgan fingerprint density at radius 3 is 2.76 bits per heavy atom. The zero-order valence-electron chi connectivity index (χ0n) is 14.7. The third kappa shape index (κ3) is 2.92. The van der Waals surface area contributed by atoms with Crippen molar-refractivity contribution in [3.8, 4) is 11.3 Å². The molecule has 0 bridgehead atoms. The van der Waals surface area contributed by atoms with Crippen LogP contribution < -0.4 is 10.6 Å². The van der Waals surface area contributed by atoms with Gasteiger partial charge in [0, 0.05) is 31.4 Å². The van der Waals surface area contributed by atoms with Crippen LogP contribution in [0.15, 0.2) is 35.3 Å². The maximum Gasteiger partial charge on any atom is 0.329 e. The predicted octanol–water partition coefficient (Wildman–Crippen LogP) is 3.36. The van der Waals surface area contributed by atoms with Crippen LogP contribution in [0.2, 0.25) is 0 Å². The Kier molecular flexibility index (Phi) is 4.03. The van der Waals surface area contributed by atoms with Gasteiger partial charge in [-0.25, -0.2) is 14.8 Å². The fraction of sp³-hybridized carbons (Fsp3) is 0.421. The Morgan fingerprint density at radius 2 is 2.00 bits per heavy atom. The molecule has 6 nitrogen and oxygen atoms in total. The van der Waals surface area contributed by atoms with Crippen LogP contribution in [0.1, 0.15) is 38.1 Å². The predicted molar refractivity (Wildman–Crippen MR) is 100 cm³/mol. The van der Waals surface area contributed by atoms with E-state index in [4.69, 9.17) is 4.98 Å². The highest BCUT2D eigenvalue weighted by Crippen LogP contribution is 2.29. The molecule has 1 aliphatic rings. The van der Waals surface area contributed by atoms with Gasteiger partial charge in [0.25, 0.3) is 0 Å². The van der Waals surface area contributed by atoms with E-state index in [1.807, 2.05) is 30.8 Å². The van der Waals surface area contributed by atoms with Crippen LogP contribution in [-0.4, -0.2) is 33.6 Å². The molecule has 25 heavy (non-hydrogen) atoms. The van der Waals surface area contributed by atoms with Gasteiger partial charge in [0.15, 0.2) is 11.3 Å². The SMILES string of the molecule is CN(C)c1cccc(-c2cnc3[nH]c(=O)n(C4CCCCC4)c3n2)c1. The van der Waals surface area contributed by atoms with E-state index in [0.29, 0.717) is 11.3 Å². The number of rotatable bonds is 3. The molecule has 1 fully saturated rings. The number of nitrogens with one attached hydrogen (secondary N) is 1. The first kappa shape index (κ1) is 15.9. The maximum atomic E-state index is 12.4. The summed E-state index contributed by atoms with van der Waals surface area (Å²) in [6, 6.07) is 8.42. The summed E-state index contributed by atoms with van der Waals surface area (Å²) in [4.78, 5) is 26.6. The van der Waals surface area contributed by atoms with Gasteiger partial charge in [0.05, 0.1) is 11.9 Å². The summed E-state index contributed by atoms with van der Waals surface area (Å²) in [5, 5.41) is 0. The van der Waals surface area contributed by atoms with E-state index >= 15 is 0 Å². The van der Waals surface area contributed by atoms with Crippen molar-refractivity contribution in [2.24, 2.45) is 0 Å². The van der Waals surface area contributed by atoms with Crippen molar-refractivity contribution in [3.63, 3.8) is 0 Å². The number of nitrogens with zero attached hydrogens (tertiary/aromatic N) is 4. The highest BCUT2D eigenvalue weighted by atomic mass is 16.1. The molecule has 6 heteroatoms. The molecular formula is C19H23N5O. The summed E-state index contributed by atoms with van der Waals surface area (Å²) in [5.41, 5.74) is 4.05. The molecule has 0 spiro atoms. The van der Waals surface area contributed by atoms with Crippen LogP contribution >= 0.6 is 0 Å². The number of imidazole rings is 1. The first-order valence-corrected chi connectivity index (χ1v) is 8.88. The number of hydrogen-bond donors (Lipinski definition) is 1. The van der Waals surface area contributed by atoms with Crippen molar-refractivity contribution in [3.05, 3.63) is 40.9 Å². The van der Waals surface area contributed by atoms with Gasteiger partial charge in [0.1, 0.15) is 0 Å². The number of anilines is 1. The van der Waals surface area contributed by atoms with Gasteiger partial charge in [0.2, 0.25) is 0 Å². The minimum absolute atomic E-state index is 0.0962. The van der Waals surface area contributed by atoms with Gasteiger partial charge in [-0.1, -0.05) is 31.4 Å². The summed E-state index contributed by atoms with van der Waals surface area (Å²) in [6.45, 7) is 0. The number of benzene rings is 1. The van der Waals surface area contributed by atoms with Gasteiger partial charge in [-0.2, -0.15) is 0 Å². The Bertz CT molecular complexity index is 950. The van der Waals surface area contributed by atoms with Crippen LogP contribution in [0, 0.1) is 0 Å².